The molecule has 3 heteroatoms. The lowest BCUT2D eigenvalue weighted by Gasteiger charge is -2.23. The van der Waals surface area contributed by atoms with E-state index >= 15 is 0 Å². The maximum atomic E-state index is 6.01. The van der Waals surface area contributed by atoms with Crippen LogP contribution >= 0.6 is 0 Å². The molecule has 1 heterocycles. The van der Waals surface area contributed by atoms with Crippen LogP contribution in [0.5, 0.6) is 5.75 Å². The quantitative estimate of drug-likeness (QED) is 0.653. The predicted molar refractivity (Wildman–Crippen MR) is 75.8 cm³/mol. The molecule has 3 N–H and O–H groups in total. The first kappa shape index (κ1) is 12.2. The second-order valence-corrected chi connectivity index (χ2v) is 5.03. The first-order valence-electron chi connectivity index (χ1n) is 6.55. The number of nitrogens with two attached hydrogens (primary N) is 1. The number of fused-ring (bicyclic) bond motifs is 1. The number of nitrogens with one attached hydrogen (secondary N) is 1. The number of hydrogen-bond donors (Lipinski definition) is 2. The van der Waals surface area contributed by atoms with E-state index < -0.39 is 0 Å². The van der Waals surface area contributed by atoms with Crippen molar-refractivity contribution in [1.29, 1.82) is 0 Å². The first-order valence-corrected chi connectivity index (χ1v) is 6.55. The highest BCUT2D eigenvalue weighted by molar-refractivity contribution is 5.39. The molecular formula is C16H18N2O. The largest absolute Gasteiger partial charge is 0.488 e. The summed E-state index contributed by atoms with van der Waals surface area (Å²) in [6.07, 6.45) is 0.933. The Labute approximate surface area is 113 Å². The number of hydrazine groups is 1. The molecule has 2 unspecified atom stereocenters. The fourth-order valence-corrected chi connectivity index (χ4v) is 2.68. The molecule has 0 spiro atoms. The molecule has 0 bridgehead atoms. The summed E-state index contributed by atoms with van der Waals surface area (Å²) in [5.74, 6) is 6.71. The van der Waals surface area contributed by atoms with Gasteiger partial charge in [0.05, 0.1) is 6.04 Å². The zero-order valence-electron chi connectivity index (χ0n) is 11.0. The van der Waals surface area contributed by atoms with Crippen LogP contribution in [0.3, 0.4) is 0 Å². The Bertz CT molecular complexity index is 557. The van der Waals surface area contributed by atoms with E-state index in [2.05, 4.69) is 42.7 Å². The molecule has 2 aromatic rings. The summed E-state index contributed by atoms with van der Waals surface area (Å²) in [6.45, 7) is 2.08. The van der Waals surface area contributed by atoms with Gasteiger partial charge in [-0.1, -0.05) is 48.0 Å². The smallest absolute Gasteiger partial charge is 0.124 e. The molecule has 3 nitrogen and oxygen atoms in total. The lowest BCUT2D eigenvalue weighted by atomic mass is 9.97. The number of aryl methyl sites for hydroxylation is 1. The number of hydrogen-bond acceptors (Lipinski definition) is 3. The highest BCUT2D eigenvalue weighted by Gasteiger charge is 2.30. The lowest BCUT2D eigenvalue weighted by Crippen LogP contribution is -2.38. The fourth-order valence-electron chi connectivity index (χ4n) is 2.68. The normalized spacial score (nSPS) is 18.7. The molecule has 1 aliphatic heterocycles. The molecule has 0 radical (unpaired) electrons. The van der Waals surface area contributed by atoms with Crippen LogP contribution in [0, 0.1) is 6.92 Å². The third kappa shape index (κ3) is 2.35. The number of benzene rings is 2. The minimum absolute atomic E-state index is 0.00676. The van der Waals surface area contributed by atoms with Crippen molar-refractivity contribution in [2.45, 2.75) is 25.5 Å². The van der Waals surface area contributed by atoms with E-state index in [1.54, 1.807) is 0 Å². The van der Waals surface area contributed by atoms with Crippen molar-refractivity contribution in [2.75, 3.05) is 0 Å². The molecule has 0 saturated carbocycles. The summed E-state index contributed by atoms with van der Waals surface area (Å²) in [7, 11) is 0. The molecule has 3 rings (SSSR count). The lowest BCUT2D eigenvalue weighted by molar-refractivity contribution is 0.179. The van der Waals surface area contributed by atoms with Gasteiger partial charge in [0.25, 0.3) is 0 Å². The molecule has 19 heavy (non-hydrogen) atoms. The van der Waals surface area contributed by atoms with Crippen molar-refractivity contribution in [2.24, 2.45) is 5.84 Å². The predicted octanol–water partition coefficient (Wildman–Crippen LogP) is 2.50. The Hall–Kier alpha value is -1.84. The molecule has 0 amide bonds. The second kappa shape index (κ2) is 5.03. The molecule has 0 aromatic heterocycles. The van der Waals surface area contributed by atoms with Crippen LogP contribution in [0.1, 0.15) is 22.7 Å². The van der Waals surface area contributed by atoms with Gasteiger partial charge in [-0.15, -0.1) is 0 Å². The Morgan fingerprint density at radius 2 is 2.05 bits per heavy atom. The average Bonchev–Trinajstić information content (AvgIpc) is 2.83. The molecule has 2 aromatic carbocycles. The Kier molecular flexibility index (Phi) is 3.23. The highest BCUT2D eigenvalue weighted by Crippen LogP contribution is 2.33. The zero-order chi connectivity index (χ0) is 13.2. The van der Waals surface area contributed by atoms with Crippen LogP contribution < -0.4 is 16.0 Å². The Morgan fingerprint density at radius 1 is 1.21 bits per heavy atom. The number of ether oxygens (including phenoxy) is 1. The van der Waals surface area contributed by atoms with E-state index in [-0.39, 0.29) is 12.1 Å². The summed E-state index contributed by atoms with van der Waals surface area (Å²) in [6, 6.07) is 16.5. The van der Waals surface area contributed by atoms with Crippen LogP contribution in [0.4, 0.5) is 0 Å². The molecular weight excluding hydrogens is 236 g/mol. The molecule has 1 aliphatic rings. The monoisotopic (exact) mass is 254 g/mol. The van der Waals surface area contributed by atoms with E-state index in [1.165, 1.54) is 16.7 Å². The summed E-state index contributed by atoms with van der Waals surface area (Å²) in [5, 5.41) is 0. The summed E-state index contributed by atoms with van der Waals surface area (Å²) in [4.78, 5) is 0. The van der Waals surface area contributed by atoms with Gasteiger partial charge < -0.3 is 4.74 Å². The van der Waals surface area contributed by atoms with E-state index in [9.17, 15) is 0 Å². The van der Waals surface area contributed by atoms with Crippen molar-refractivity contribution in [3.63, 3.8) is 0 Å². The molecule has 0 saturated heterocycles. The van der Waals surface area contributed by atoms with E-state index in [1.807, 2.05) is 18.2 Å². The Balaban J connectivity index is 1.86. The maximum Gasteiger partial charge on any atom is 0.124 e. The van der Waals surface area contributed by atoms with Gasteiger partial charge in [0, 0.05) is 6.42 Å². The molecule has 0 fully saturated rings. The minimum atomic E-state index is 0.00676. The second-order valence-electron chi connectivity index (χ2n) is 5.03. The van der Waals surface area contributed by atoms with E-state index in [0.717, 1.165) is 12.2 Å². The van der Waals surface area contributed by atoms with Crippen LogP contribution in [-0.4, -0.2) is 6.10 Å². The van der Waals surface area contributed by atoms with E-state index in [4.69, 9.17) is 10.6 Å². The average molecular weight is 254 g/mol. The number of para-hydroxylation sites is 1. The maximum absolute atomic E-state index is 6.01. The van der Waals surface area contributed by atoms with Gasteiger partial charge in [0.15, 0.2) is 0 Å². The summed E-state index contributed by atoms with van der Waals surface area (Å²) < 4.78 is 6.01. The fraction of sp³-hybridized carbons (Fsp3) is 0.250. The van der Waals surface area contributed by atoms with Gasteiger partial charge in [-0.05, 0) is 24.1 Å². The molecule has 0 aliphatic carbocycles. The van der Waals surface area contributed by atoms with Gasteiger partial charge in [-0.25, -0.2) is 5.43 Å². The van der Waals surface area contributed by atoms with Crippen molar-refractivity contribution in [1.82, 2.24) is 5.43 Å². The summed E-state index contributed by atoms with van der Waals surface area (Å²) >= 11 is 0. The van der Waals surface area contributed by atoms with Crippen molar-refractivity contribution < 1.29 is 4.74 Å². The van der Waals surface area contributed by atoms with Crippen LogP contribution in [0.25, 0.3) is 0 Å². The number of rotatable bonds is 3. The van der Waals surface area contributed by atoms with Crippen molar-refractivity contribution in [3.8, 4) is 5.75 Å². The van der Waals surface area contributed by atoms with Gasteiger partial charge in [0.1, 0.15) is 11.9 Å². The Morgan fingerprint density at radius 3 is 2.79 bits per heavy atom. The standard InChI is InChI=1S/C16H18N2O/c1-11-5-4-7-13(9-11)16(18-17)15-10-12-6-2-3-8-14(12)19-15/h2-9,15-16,18H,10,17H2,1H3. The van der Waals surface area contributed by atoms with Crippen molar-refractivity contribution in [3.05, 3.63) is 65.2 Å². The van der Waals surface area contributed by atoms with Crippen LogP contribution in [0.15, 0.2) is 48.5 Å². The van der Waals surface area contributed by atoms with Gasteiger partial charge >= 0.3 is 0 Å². The van der Waals surface area contributed by atoms with Crippen LogP contribution in [0.2, 0.25) is 0 Å². The van der Waals surface area contributed by atoms with Gasteiger partial charge in [0.2, 0.25) is 0 Å². The first-order chi connectivity index (χ1) is 9.28. The third-order valence-electron chi connectivity index (χ3n) is 3.62. The van der Waals surface area contributed by atoms with Crippen LogP contribution in [-0.2, 0) is 6.42 Å². The molecule has 98 valence electrons. The topological polar surface area (TPSA) is 47.3 Å². The SMILES string of the molecule is Cc1cccc(C(NN)C2Cc3ccccc3O2)c1. The minimum Gasteiger partial charge on any atom is -0.488 e. The molecule has 2 atom stereocenters. The van der Waals surface area contributed by atoms with Gasteiger partial charge in [-0.3, -0.25) is 5.84 Å². The summed E-state index contributed by atoms with van der Waals surface area (Å²) in [5.41, 5.74) is 6.54. The van der Waals surface area contributed by atoms with Gasteiger partial charge in [-0.2, -0.15) is 0 Å². The van der Waals surface area contributed by atoms with Crippen molar-refractivity contribution >= 4 is 0 Å². The van der Waals surface area contributed by atoms with E-state index in [0.29, 0.717) is 0 Å². The highest BCUT2D eigenvalue weighted by atomic mass is 16.5. The third-order valence-corrected chi connectivity index (χ3v) is 3.62. The zero-order valence-corrected chi connectivity index (χ0v) is 11.0.